The van der Waals surface area contributed by atoms with Crippen LogP contribution in [0.2, 0.25) is 12.6 Å². The average molecular weight is 315 g/mol. The summed E-state index contributed by atoms with van der Waals surface area (Å²) in [6.45, 7) is 20.3. The monoisotopic (exact) mass is 314 g/mol. The molecule has 3 heteroatoms. The Bertz CT molecular complexity index is 590. The lowest BCUT2D eigenvalue weighted by molar-refractivity contribution is 0.381. The van der Waals surface area contributed by atoms with Crippen molar-refractivity contribution in [1.82, 2.24) is 4.67 Å². The van der Waals surface area contributed by atoms with Crippen LogP contribution in [0.5, 0.6) is 0 Å². The molecule has 1 aromatic carbocycles. The molecule has 0 saturated heterocycles. The van der Waals surface area contributed by atoms with E-state index in [4.69, 9.17) is 5.10 Å². The second-order valence-electron chi connectivity index (χ2n) is 8.62. The van der Waals surface area contributed by atoms with Gasteiger partial charge in [-0.15, -0.1) is 0 Å². The minimum absolute atomic E-state index is 0.0277. The molecule has 1 atom stereocenters. The number of nitrogens with zero attached hydrogens (tertiary/aromatic N) is 2. The standard InChI is InChI=1S/C19H30N2Si/c1-15(18(2,3)4)21-20-17(19(5,6)7)14-22(21,8)16-12-10-9-11-13-16/h9-13H,1,14H2,2-8H3. The fourth-order valence-electron chi connectivity index (χ4n) is 2.78. The molecule has 1 aliphatic rings. The molecule has 0 radical (unpaired) electrons. The summed E-state index contributed by atoms with van der Waals surface area (Å²) in [5, 5.41) is 6.50. The number of benzene rings is 1. The molecule has 0 aromatic heterocycles. The lowest BCUT2D eigenvalue weighted by Gasteiger charge is -2.39. The molecule has 0 saturated carbocycles. The maximum Gasteiger partial charge on any atom is 0.218 e. The minimum atomic E-state index is -1.91. The van der Waals surface area contributed by atoms with Gasteiger partial charge in [-0.25, -0.2) is 0 Å². The van der Waals surface area contributed by atoms with E-state index < -0.39 is 8.24 Å². The third-order valence-electron chi connectivity index (χ3n) is 4.58. The van der Waals surface area contributed by atoms with Crippen LogP contribution in [0.1, 0.15) is 41.5 Å². The smallest absolute Gasteiger partial charge is 0.218 e. The van der Waals surface area contributed by atoms with Gasteiger partial charge in [0.05, 0.1) is 0 Å². The van der Waals surface area contributed by atoms with Gasteiger partial charge in [-0.05, 0) is 11.7 Å². The SMILES string of the molecule is C=C(N1N=C(C(C)(C)C)C[Si]1(C)c1ccccc1)C(C)(C)C. The van der Waals surface area contributed by atoms with Crippen LogP contribution >= 0.6 is 0 Å². The van der Waals surface area contributed by atoms with Gasteiger partial charge < -0.3 is 0 Å². The maximum atomic E-state index is 5.07. The zero-order valence-electron chi connectivity index (χ0n) is 15.2. The Labute approximate surface area is 137 Å². The topological polar surface area (TPSA) is 15.6 Å². The molecule has 2 rings (SSSR count). The van der Waals surface area contributed by atoms with Gasteiger partial charge in [-0.1, -0.05) is 78.5 Å². The summed E-state index contributed by atoms with van der Waals surface area (Å²) in [5.41, 5.74) is 2.57. The molecule has 0 amide bonds. The van der Waals surface area contributed by atoms with E-state index in [2.05, 4.69) is 89.7 Å². The first kappa shape index (κ1) is 17.0. The fraction of sp³-hybridized carbons (Fsp3) is 0.526. The quantitative estimate of drug-likeness (QED) is 0.719. The Hall–Kier alpha value is -1.35. The first-order chi connectivity index (χ1) is 9.96. The van der Waals surface area contributed by atoms with Gasteiger partial charge in [-0.2, -0.15) is 5.10 Å². The van der Waals surface area contributed by atoms with E-state index in [1.807, 2.05) is 0 Å². The molecule has 1 heterocycles. The second-order valence-corrected chi connectivity index (χ2v) is 12.5. The number of hydrogen-bond donors (Lipinski definition) is 0. The van der Waals surface area contributed by atoms with Crippen molar-refractivity contribution in [3.05, 3.63) is 42.6 Å². The van der Waals surface area contributed by atoms with Crippen molar-refractivity contribution in [1.29, 1.82) is 0 Å². The maximum absolute atomic E-state index is 5.07. The molecule has 2 nitrogen and oxygen atoms in total. The Morgan fingerprint density at radius 3 is 2.09 bits per heavy atom. The molecule has 1 aromatic rings. The van der Waals surface area contributed by atoms with Gasteiger partial charge in [0.15, 0.2) is 0 Å². The Kier molecular flexibility index (Phi) is 4.16. The molecule has 0 spiro atoms. The summed E-state index contributed by atoms with van der Waals surface area (Å²) in [4.78, 5) is 0. The highest BCUT2D eigenvalue weighted by Crippen LogP contribution is 2.39. The molecule has 1 unspecified atom stereocenters. The summed E-state index contributed by atoms with van der Waals surface area (Å²) in [6.07, 6.45) is 0. The van der Waals surface area contributed by atoms with Crippen LogP contribution in [0.3, 0.4) is 0 Å². The summed E-state index contributed by atoms with van der Waals surface area (Å²) >= 11 is 0. The zero-order valence-corrected chi connectivity index (χ0v) is 16.2. The highest BCUT2D eigenvalue weighted by molar-refractivity contribution is 6.91. The second kappa shape index (κ2) is 5.38. The summed E-state index contributed by atoms with van der Waals surface area (Å²) < 4.78 is 2.31. The minimum Gasteiger partial charge on any atom is -0.293 e. The lowest BCUT2D eigenvalue weighted by atomic mass is 9.91. The van der Waals surface area contributed by atoms with Gasteiger partial charge in [0.1, 0.15) is 0 Å². The van der Waals surface area contributed by atoms with E-state index in [0.717, 1.165) is 11.7 Å². The highest BCUT2D eigenvalue weighted by Gasteiger charge is 2.47. The lowest BCUT2D eigenvalue weighted by Crippen LogP contribution is -2.56. The van der Waals surface area contributed by atoms with Crippen LogP contribution in [-0.2, 0) is 0 Å². The van der Waals surface area contributed by atoms with Crippen LogP contribution in [0.15, 0.2) is 47.7 Å². The number of allylic oxidation sites excluding steroid dienone is 1. The van der Waals surface area contributed by atoms with Crippen LogP contribution in [0.4, 0.5) is 0 Å². The Morgan fingerprint density at radius 1 is 1.09 bits per heavy atom. The van der Waals surface area contributed by atoms with Crippen molar-refractivity contribution < 1.29 is 0 Å². The van der Waals surface area contributed by atoms with E-state index in [1.54, 1.807) is 0 Å². The normalized spacial score (nSPS) is 22.7. The molecule has 0 bridgehead atoms. The van der Waals surface area contributed by atoms with Gasteiger partial charge in [0, 0.05) is 28.3 Å². The zero-order chi connectivity index (χ0) is 16.8. The molecule has 0 aliphatic carbocycles. The van der Waals surface area contributed by atoms with Crippen LogP contribution in [0.25, 0.3) is 0 Å². The van der Waals surface area contributed by atoms with Crippen LogP contribution in [-0.4, -0.2) is 18.6 Å². The molecule has 1 aliphatic heterocycles. The van der Waals surface area contributed by atoms with Gasteiger partial charge in [0.2, 0.25) is 8.24 Å². The third kappa shape index (κ3) is 3.05. The predicted octanol–water partition coefficient (Wildman–Crippen LogP) is 4.75. The summed E-state index contributed by atoms with van der Waals surface area (Å²) in [6, 6.07) is 12.0. The number of hydrogen-bond acceptors (Lipinski definition) is 2. The molecular weight excluding hydrogens is 284 g/mol. The molecule has 22 heavy (non-hydrogen) atoms. The first-order valence-electron chi connectivity index (χ1n) is 8.09. The third-order valence-corrected chi connectivity index (χ3v) is 8.49. The average Bonchev–Trinajstić information content (AvgIpc) is 2.77. The molecule has 0 N–H and O–H groups in total. The van der Waals surface area contributed by atoms with Crippen LogP contribution in [0, 0.1) is 10.8 Å². The first-order valence-corrected chi connectivity index (χ1v) is 10.7. The summed E-state index contributed by atoms with van der Waals surface area (Å²) in [5.74, 6) is 0. The van der Waals surface area contributed by atoms with E-state index in [0.29, 0.717) is 0 Å². The van der Waals surface area contributed by atoms with Crippen molar-refractivity contribution in [2.75, 3.05) is 0 Å². The van der Waals surface area contributed by atoms with Gasteiger partial charge >= 0.3 is 0 Å². The molecular formula is C19H30N2Si. The van der Waals surface area contributed by atoms with Crippen molar-refractivity contribution >= 4 is 19.1 Å². The van der Waals surface area contributed by atoms with E-state index >= 15 is 0 Å². The van der Waals surface area contributed by atoms with Gasteiger partial charge in [-0.3, -0.25) is 4.67 Å². The predicted molar refractivity (Wildman–Crippen MR) is 99.8 cm³/mol. The van der Waals surface area contributed by atoms with Crippen molar-refractivity contribution in [2.45, 2.75) is 54.1 Å². The molecule has 120 valence electrons. The van der Waals surface area contributed by atoms with Crippen molar-refractivity contribution in [2.24, 2.45) is 15.9 Å². The van der Waals surface area contributed by atoms with Crippen molar-refractivity contribution in [3.8, 4) is 0 Å². The van der Waals surface area contributed by atoms with E-state index in [1.165, 1.54) is 10.9 Å². The summed E-state index contributed by atoms with van der Waals surface area (Å²) in [7, 11) is -1.91. The highest BCUT2D eigenvalue weighted by atomic mass is 28.3. The van der Waals surface area contributed by atoms with Gasteiger partial charge in [0.25, 0.3) is 0 Å². The fourth-order valence-corrected chi connectivity index (χ4v) is 6.81. The van der Waals surface area contributed by atoms with Crippen molar-refractivity contribution in [3.63, 3.8) is 0 Å². The Morgan fingerprint density at radius 2 is 1.64 bits per heavy atom. The van der Waals surface area contributed by atoms with E-state index in [-0.39, 0.29) is 10.8 Å². The number of hydrazone groups is 1. The van der Waals surface area contributed by atoms with Crippen LogP contribution < -0.4 is 5.19 Å². The largest absolute Gasteiger partial charge is 0.293 e. The van der Waals surface area contributed by atoms with E-state index in [9.17, 15) is 0 Å². The number of rotatable bonds is 2. The molecule has 0 fully saturated rings. The Balaban J connectivity index is 2.52.